The minimum Gasteiger partial charge on any atom is -0.329 e. The molecule has 0 radical (unpaired) electrons. The van der Waals surface area contributed by atoms with Crippen molar-refractivity contribution < 1.29 is 0 Å². The van der Waals surface area contributed by atoms with Gasteiger partial charge in [-0.15, -0.1) is 0 Å². The summed E-state index contributed by atoms with van der Waals surface area (Å²) in [4.78, 5) is 4.79. The van der Waals surface area contributed by atoms with E-state index in [1.54, 1.807) is 0 Å². The second-order valence-corrected chi connectivity index (χ2v) is 6.13. The number of hydrogen-bond donors (Lipinski definition) is 0. The summed E-state index contributed by atoms with van der Waals surface area (Å²) in [5, 5.41) is 0. The molecule has 0 unspecified atom stereocenters. The first-order valence-corrected chi connectivity index (χ1v) is 8.40. The average Bonchev–Trinajstić information content (AvgIpc) is 2.55. The first-order valence-electron chi connectivity index (χ1n) is 7.99. The van der Waals surface area contributed by atoms with Crippen LogP contribution in [0, 0.1) is 4.64 Å². The maximum Gasteiger partial charge on any atom is 0.141 e. The molecule has 0 spiro atoms. The van der Waals surface area contributed by atoms with Crippen LogP contribution in [0.4, 0.5) is 0 Å². The molecule has 0 N–H and O–H groups in total. The highest BCUT2D eigenvalue weighted by Gasteiger charge is 2.18. The van der Waals surface area contributed by atoms with Crippen molar-refractivity contribution in [2.75, 3.05) is 0 Å². The van der Waals surface area contributed by atoms with Crippen molar-refractivity contribution in [3.8, 4) is 11.4 Å². The monoisotopic (exact) mass is 298 g/mol. The van der Waals surface area contributed by atoms with Gasteiger partial charge in [-0.25, -0.2) is 4.98 Å². The SMILES string of the molecule is CCCCn1c(-c2ccccc2)nc(=S)c2c1CCCC2. The number of aromatic nitrogens is 2. The van der Waals surface area contributed by atoms with Crippen molar-refractivity contribution in [1.82, 2.24) is 9.55 Å². The van der Waals surface area contributed by atoms with E-state index in [2.05, 4.69) is 35.8 Å². The molecule has 0 amide bonds. The Morgan fingerprint density at radius 1 is 1.14 bits per heavy atom. The first kappa shape index (κ1) is 14.5. The van der Waals surface area contributed by atoms with Crippen LogP contribution in [-0.4, -0.2) is 9.55 Å². The minimum absolute atomic E-state index is 0.816. The molecule has 0 saturated carbocycles. The van der Waals surface area contributed by atoms with Crippen molar-refractivity contribution in [2.45, 2.75) is 52.0 Å². The normalized spacial score (nSPS) is 14.0. The van der Waals surface area contributed by atoms with E-state index in [4.69, 9.17) is 17.2 Å². The van der Waals surface area contributed by atoms with E-state index in [1.165, 1.54) is 42.5 Å². The van der Waals surface area contributed by atoms with Crippen LogP contribution in [-0.2, 0) is 19.4 Å². The van der Waals surface area contributed by atoms with Gasteiger partial charge in [-0.2, -0.15) is 0 Å². The molecule has 110 valence electrons. The summed E-state index contributed by atoms with van der Waals surface area (Å²) in [5.41, 5.74) is 3.94. The molecule has 0 aliphatic heterocycles. The lowest BCUT2D eigenvalue weighted by atomic mass is 9.96. The van der Waals surface area contributed by atoms with Crippen molar-refractivity contribution in [3.05, 3.63) is 46.2 Å². The molecule has 1 aliphatic rings. The van der Waals surface area contributed by atoms with Crippen molar-refractivity contribution in [1.29, 1.82) is 0 Å². The molecule has 2 nitrogen and oxygen atoms in total. The number of rotatable bonds is 4. The zero-order chi connectivity index (χ0) is 14.7. The highest BCUT2D eigenvalue weighted by Crippen LogP contribution is 2.27. The van der Waals surface area contributed by atoms with Gasteiger partial charge >= 0.3 is 0 Å². The molecule has 1 aromatic heterocycles. The van der Waals surface area contributed by atoms with Crippen molar-refractivity contribution in [2.24, 2.45) is 0 Å². The molecule has 3 rings (SSSR count). The van der Waals surface area contributed by atoms with Crippen LogP contribution in [0.15, 0.2) is 30.3 Å². The van der Waals surface area contributed by atoms with Crippen LogP contribution < -0.4 is 0 Å². The molecule has 0 fully saturated rings. The van der Waals surface area contributed by atoms with Crippen molar-refractivity contribution in [3.63, 3.8) is 0 Å². The fourth-order valence-corrected chi connectivity index (χ4v) is 3.44. The van der Waals surface area contributed by atoms with Gasteiger partial charge in [0, 0.05) is 23.4 Å². The molecule has 1 heterocycles. The number of fused-ring (bicyclic) bond motifs is 1. The second kappa shape index (κ2) is 6.52. The highest BCUT2D eigenvalue weighted by atomic mass is 32.1. The molecule has 1 aromatic carbocycles. The summed E-state index contributed by atoms with van der Waals surface area (Å²) < 4.78 is 3.25. The molecule has 3 heteroatoms. The van der Waals surface area contributed by atoms with E-state index in [-0.39, 0.29) is 0 Å². The fourth-order valence-electron chi connectivity index (χ4n) is 3.13. The molecule has 0 atom stereocenters. The van der Waals surface area contributed by atoms with E-state index in [1.807, 2.05) is 6.07 Å². The van der Waals surface area contributed by atoms with E-state index in [0.717, 1.165) is 29.9 Å². The smallest absolute Gasteiger partial charge is 0.141 e. The summed E-state index contributed by atoms with van der Waals surface area (Å²) in [6.07, 6.45) is 7.15. The van der Waals surface area contributed by atoms with Gasteiger partial charge in [0.2, 0.25) is 0 Å². The molecule has 0 saturated heterocycles. The second-order valence-electron chi connectivity index (χ2n) is 5.74. The Morgan fingerprint density at radius 2 is 1.90 bits per heavy atom. The third kappa shape index (κ3) is 2.93. The zero-order valence-electron chi connectivity index (χ0n) is 12.6. The van der Waals surface area contributed by atoms with Gasteiger partial charge < -0.3 is 4.57 Å². The molecule has 1 aliphatic carbocycles. The topological polar surface area (TPSA) is 17.8 Å². The summed E-state index contributed by atoms with van der Waals surface area (Å²) in [7, 11) is 0. The summed E-state index contributed by atoms with van der Waals surface area (Å²) >= 11 is 5.57. The predicted molar refractivity (Wildman–Crippen MR) is 90.0 cm³/mol. The maximum absolute atomic E-state index is 5.57. The van der Waals surface area contributed by atoms with Crippen LogP contribution >= 0.6 is 12.2 Å². The number of benzene rings is 1. The first-order chi connectivity index (χ1) is 10.3. The van der Waals surface area contributed by atoms with Gasteiger partial charge in [-0.3, -0.25) is 0 Å². The van der Waals surface area contributed by atoms with E-state index in [0.29, 0.717) is 0 Å². The van der Waals surface area contributed by atoms with Gasteiger partial charge in [-0.1, -0.05) is 55.9 Å². The number of nitrogens with zero attached hydrogens (tertiary/aromatic N) is 2. The van der Waals surface area contributed by atoms with Crippen LogP contribution in [0.1, 0.15) is 43.9 Å². The molecular weight excluding hydrogens is 276 g/mol. The lowest BCUT2D eigenvalue weighted by molar-refractivity contribution is 0.555. The third-order valence-corrected chi connectivity index (χ3v) is 4.59. The fraction of sp³-hybridized carbons (Fsp3) is 0.444. The Hall–Kier alpha value is -1.48. The van der Waals surface area contributed by atoms with Crippen molar-refractivity contribution >= 4 is 12.2 Å². The number of hydrogen-bond acceptors (Lipinski definition) is 2. The summed E-state index contributed by atoms with van der Waals surface area (Å²) in [6.45, 7) is 3.29. The maximum atomic E-state index is 5.57. The minimum atomic E-state index is 0.816. The lowest BCUT2D eigenvalue weighted by Gasteiger charge is -2.24. The highest BCUT2D eigenvalue weighted by molar-refractivity contribution is 7.71. The van der Waals surface area contributed by atoms with Gasteiger partial charge in [-0.05, 0) is 32.1 Å². The van der Waals surface area contributed by atoms with E-state index in [9.17, 15) is 0 Å². The predicted octanol–water partition coefficient (Wildman–Crippen LogP) is 4.96. The van der Waals surface area contributed by atoms with Crippen LogP contribution in [0.3, 0.4) is 0 Å². The summed E-state index contributed by atoms with van der Waals surface area (Å²) in [6, 6.07) is 10.5. The lowest BCUT2D eigenvalue weighted by Crippen LogP contribution is -2.18. The Balaban J connectivity index is 2.18. The van der Waals surface area contributed by atoms with Crippen LogP contribution in [0.25, 0.3) is 11.4 Å². The standard InChI is InChI=1S/C18H22N2S/c1-2-3-13-20-16-12-8-7-11-15(16)18(21)19-17(20)14-9-5-4-6-10-14/h4-6,9-10H,2-3,7-8,11-13H2,1H3. The average molecular weight is 298 g/mol. The largest absolute Gasteiger partial charge is 0.329 e. The Morgan fingerprint density at radius 3 is 2.67 bits per heavy atom. The zero-order valence-corrected chi connectivity index (χ0v) is 13.5. The quantitative estimate of drug-likeness (QED) is 0.743. The molecule has 2 aromatic rings. The van der Waals surface area contributed by atoms with E-state index >= 15 is 0 Å². The Labute approximate surface area is 131 Å². The Bertz CT molecular complexity index is 674. The van der Waals surface area contributed by atoms with Gasteiger partial charge in [0.25, 0.3) is 0 Å². The van der Waals surface area contributed by atoms with Crippen LogP contribution in [0.2, 0.25) is 0 Å². The third-order valence-electron chi connectivity index (χ3n) is 4.25. The van der Waals surface area contributed by atoms with Crippen LogP contribution in [0.5, 0.6) is 0 Å². The van der Waals surface area contributed by atoms with Gasteiger partial charge in [0.05, 0.1) is 0 Å². The van der Waals surface area contributed by atoms with Gasteiger partial charge in [0.1, 0.15) is 10.5 Å². The molecule has 0 bridgehead atoms. The van der Waals surface area contributed by atoms with Gasteiger partial charge in [0.15, 0.2) is 0 Å². The Kier molecular flexibility index (Phi) is 4.49. The summed E-state index contributed by atoms with van der Waals surface area (Å²) in [5.74, 6) is 1.05. The molecular formula is C18H22N2S. The number of unbranched alkanes of at least 4 members (excludes halogenated alkanes) is 1. The molecule has 21 heavy (non-hydrogen) atoms. The van der Waals surface area contributed by atoms with E-state index < -0.39 is 0 Å².